The van der Waals surface area contributed by atoms with Crippen molar-refractivity contribution in [1.29, 1.82) is 0 Å². The predicted molar refractivity (Wildman–Crippen MR) is 89.1 cm³/mol. The third kappa shape index (κ3) is 9.74. The molecule has 0 bridgehead atoms. The van der Waals surface area contributed by atoms with Gasteiger partial charge in [0.15, 0.2) is 4.34 Å². The molecule has 0 saturated carbocycles. The Morgan fingerprint density at radius 2 is 1.64 bits per heavy atom. The van der Waals surface area contributed by atoms with Crippen molar-refractivity contribution in [1.82, 2.24) is 10.2 Å². The van der Waals surface area contributed by atoms with Crippen LogP contribution in [0.25, 0.3) is 0 Å². The normalized spacial score (nSPS) is 12.5. The van der Waals surface area contributed by atoms with Gasteiger partial charge in [-0.3, -0.25) is 0 Å². The van der Waals surface area contributed by atoms with Gasteiger partial charge in [-0.1, -0.05) is 23.6 Å². The topological polar surface area (TPSA) is 82.9 Å². The minimum absolute atomic E-state index is 0.152. The van der Waals surface area contributed by atoms with Gasteiger partial charge in [0.1, 0.15) is 11.1 Å². The van der Waals surface area contributed by atoms with Gasteiger partial charge in [-0.15, -0.1) is 22.8 Å². The first-order valence-electron chi connectivity index (χ1n) is 6.69. The maximum atomic E-state index is 9.76. The molecule has 0 aliphatic heterocycles. The second kappa shape index (κ2) is 13.3. The second-order valence-corrected chi connectivity index (χ2v) is 6.05. The van der Waals surface area contributed by atoms with Crippen LogP contribution in [-0.2, 0) is 18.9 Å². The van der Waals surface area contributed by atoms with Crippen LogP contribution in [0.5, 0.6) is 0 Å². The number of ether oxygens (including phenoxy) is 4. The summed E-state index contributed by atoms with van der Waals surface area (Å²) < 4.78 is 21.5. The molecule has 7 nitrogen and oxygen atoms in total. The van der Waals surface area contributed by atoms with Gasteiger partial charge in [-0.05, 0) is 0 Å². The number of rotatable bonds is 14. The highest BCUT2D eigenvalue weighted by Crippen LogP contribution is 2.20. The van der Waals surface area contributed by atoms with E-state index in [2.05, 4.69) is 35.0 Å². The van der Waals surface area contributed by atoms with Crippen molar-refractivity contribution in [3.05, 3.63) is 5.01 Å². The molecule has 22 heavy (non-hydrogen) atoms. The van der Waals surface area contributed by atoms with E-state index in [-0.39, 0.29) is 6.61 Å². The summed E-state index contributed by atoms with van der Waals surface area (Å²) in [4.78, 5) is 0. The molecule has 1 rings (SSSR count). The van der Waals surface area contributed by atoms with Gasteiger partial charge in [0, 0.05) is 5.37 Å². The fourth-order valence-electron chi connectivity index (χ4n) is 1.32. The third-order valence-electron chi connectivity index (χ3n) is 2.29. The molecule has 1 aromatic rings. The molecule has 1 unspecified atom stereocenters. The Kier molecular flexibility index (Phi) is 12.0. The lowest BCUT2D eigenvalue weighted by atomic mass is 10.4. The Morgan fingerprint density at radius 3 is 2.18 bits per heavy atom. The van der Waals surface area contributed by atoms with E-state index in [9.17, 15) is 5.11 Å². The molecule has 0 saturated heterocycles. The Hall–Kier alpha value is -0.200. The van der Waals surface area contributed by atoms with Crippen molar-refractivity contribution in [2.75, 3.05) is 52.9 Å². The van der Waals surface area contributed by atoms with Crippen molar-refractivity contribution in [2.24, 2.45) is 0 Å². The smallest absolute Gasteiger partial charge is 0.171 e. The standard InChI is InChI=1S/C12H20N2O5S3/c15-10(11-13-14-12(21)22-11)9-19-6-5-17-2-1-16-3-4-18-7-8-20/h8,10,15H,1-7,9H2,(H,14,21). The molecule has 1 N–H and O–H groups in total. The lowest BCUT2D eigenvalue weighted by Gasteiger charge is -2.09. The van der Waals surface area contributed by atoms with Gasteiger partial charge in [-0.2, -0.15) is 0 Å². The lowest BCUT2D eigenvalue weighted by molar-refractivity contribution is -0.0156. The Balaban J connectivity index is 1.84. The van der Waals surface area contributed by atoms with E-state index in [1.165, 1.54) is 16.7 Å². The van der Waals surface area contributed by atoms with Crippen molar-refractivity contribution >= 4 is 41.6 Å². The molecular formula is C12H20N2O5S3. The first kappa shape index (κ1) is 19.8. The second-order valence-electron chi connectivity index (χ2n) is 3.98. The molecule has 0 aliphatic rings. The molecule has 1 atom stereocenters. The van der Waals surface area contributed by atoms with Gasteiger partial charge in [0.05, 0.1) is 52.9 Å². The van der Waals surface area contributed by atoms with Crippen LogP contribution < -0.4 is 0 Å². The molecule has 1 aromatic heterocycles. The van der Waals surface area contributed by atoms with Gasteiger partial charge >= 0.3 is 0 Å². The Labute approximate surface area is 144 Å². The number of nitrogens with zero attached hydrogens (tertiary/aromatic N) is 2. The van der Waals surface area contributed by atoms with E-state index in [0.29, 0.717) is 55.6 Å². The average Bonchev–Trinajstić information content (AvgIpc) is 2.95. The van der Waals surface area contributed by atoms with E-state index < -0.39 is 6.10 Å². The van der Waals surface area contributed by atoms with E-state index in [0.717, 1.165) is 0 Å². The fraction of sp³-hybridized carbons (Fsp3) is 0.750. The van der Waals surface area contributed by atoms with Gasteiger partial charge < -0.3 is 24.1 Å². The zero-order valence-electron chi connectivity index (χ0n) is 12.0. The number of hydrogen-bond donors (Lipinski definition) is 2. The molecule has 126 valence electrons. The highest BCUT2D eigenvalue weighted by molar-refractivity contribution is 7.82. The minimum Gasteiger partial charge on any atom is -0.383 e. The molecule has 0 radical (unpaired) electrons. The van der Waals surface area contributed by atoms with Crippen LogP contribution in [0, 0.1) is 0 Å². The van der Waals surface area contributed by atoms with Crippen LogP contribution in [0.4, 0.5) is 0 Å². The van der Waals surface area contributed by atoms with Crippen molar-refractivity contribution < 1.29 is 24.1 Å². The Bertz CT molecular complexity index is 408. The molecule has 0 aliphatic carbocycles. The largest absolute Gasteiger partial charge is 0.383 e. The minimum atomic E-state index is -0.783. The van der Waals surface area contributed by atoms with E-state index in [1.807, 2.05) is 0 Å². The van der Waals surface area contributed by atoms with Gasteiger partial charge in [0.2, 0.25) is 0 Å². The molecule has 0 amide bonds. The summed E-state index contributed by atoms with van der Waals surface area (Å²) in [6, 6.07) is 0. The Morgan fingerprint density at radius 1 is 1.05 bits per heavy atom. The van der Waals surface area contributed by atoms with Crippen LogP contribution in [-0.4, -0.2) is 73.5 Å². The zero-order valence-corrected chi connectivity index (χ0v) is 14.6. The fourth-order valence-corrected chi connectivity index (χ4v) is 2.29. The number of aromatic nitrogens is 2. The maximum Gasteiger partial charge on any atom is 0.171 e. The monoisotopic (exact) mass is 368 g/mol. The third-order valence-corrected chi connectivity index (χ3v) is 3.62. The number of thiocarbonyl (C=S) groups is 1. The maximum absolute atomic E-state index is 9.76. The van der Waals surface area contributed by atoms with Gasteiger partial charge in [0.25, 0.3) is 0 Å². The number of hydrogen-bond acceptors (Lipinski definition) is 10. The first-order chi connectivity index (χ1) is 10.7. The average molecular weight is 369 g/mol. The summed E-state index contributed by atoms with van der Waals surface area (Å²) in [5.41, 5.74) is 0. The van der Waals surface area contributed by atoms with E-state index in [4.69, 9.17) is 18.9 Å². The van der Waals surface area contributed by atoms with Crippen molar-refractivity contribution in [3.8, 4) is 0 Å². The molecule has 10 heteroatoms. The molecule has 0 spiro atoms. The van der Waals surface area contributed by atoms with Crippen molar-refractivity contribution in [3.63, 3.8) is 0 Å². The zero-order chi connectivity index (χ0) is 16.0. The van der Waals surface area contributed by atoms with Gasteiger partial charge in [-0.25, -0.2) is 0 Å². The summed E-state index contributed by atoms with van der Waals surface area (Å²) in [7, 11) is 0. The molecule has 0 fully saturated rings. The highest BCUT2D eigenvalue weighted by atomic mass is 32.2. The van der Waals surface area contributed by atoms with Crippen molar-refractivity contribution in [2.45, 2.75) is 10.4 Å². The summed E-state index contributed by atoms with van der Waals surface area (Å²) >= 11 is 9.88. The molecule has 1 heterocycles. The highest BCUT2D eigenvalue weighted by Gasteiger charge is 2.12. The summed E-state index contributed by atoms with van der Waals surface area (Å²) in [5, 5.41) is 19.3. The van der Waals surface area contributed by atoms with E-state index in [1.54, 1.807) is 0 Å². The first-order valence-corrected chi connectivity index (χ1v) is 8.42. The SMILES string of the molecule is OC(COCCOCCOCCOCC=S)c1nnc(S)s1. The summed E-state index contributed by atoms with van der Waals surface area (Å²) in [6.45, 7) is 3.46. The number of thiol groups is 1. The van der Waals surface area contributed by atoms with Crippen LogP contribution in [0.15, 0.2) is 4.34 Å². The lowest BCUT2D eigenvalue weighted by Crippen LogP contribution is -2.14. The van der Waals surface area contributed by atoms with E-state index >= 15 is 0 Å². The van der Waals surface area contributed by atoms with Crippen LogP contribution in [0.3, 0.4) is 0 Å². The summed E-state index contributed by atoms with van der Waals surface area (Å²) in [6.07, 6.45) is -0.783. The van der Waals surface area contributed by atoms with Crippen LogP contribution >= 0.6 is 36.2 Å². The number of aliphatic hydroxyl groups excluding tert-OH is 1. The van der Waals surface area contributed by atoms with Crippen LogP contribution in [0.1, 0.15) is 11.1 Å². The number of aliphatic hydroxyl groups is 1. The quantitative estimate of drug-likeness (QED) is 0.285. The summed E-state index contributed by atoms with van der Waals surface area (Å²) in [5.74, 6) is 0. The van der Waals surface area contributed by atoms with Crippen LogP contribution in [0.2, 0.25) is 0 Å². The molecule has 0 aromatic carbocycles. The predicted octanol–water partition coefficient (Wildman–Crippen LogP) is 0.926. The molecular weight excluding hydrogens is 348 g/mol.